The highest BCUT2D eigenvalue weighted by Crippen LogP contribution is 2.29. The lowest BCUT2D eigenvalue weighted by Gasteiger charge is -2.29. The molecule has 1 aliphatic heterocycles. The standard InChI is InChI=1S/C17H19N3S/c21-17(19-13-5-6-13)20-9-7-12(8-10-20)15-11-18-16-4-2-1-3-14(15)16/h1-4,7,11,13,18H,5-6,8-10H2,(H,19,21). The molecule has 3 nitrogen and oxygen atoms in total. The van der Waals surface area contributed by atoms with E-state index in [-0.39, 0.29) is 0 Å². The molecule has 1 fully saturated rings. The van der Waals surface area contributed by atoms with E-state index < -0.39 is 0 Å². The lowest BCUT2D eigenvalue weighted by Crippen LogP contribution is -2.42. The molecule has 0 unspecified atom stereocenters. The van der Waals surface area contributed by atoms with E-state index in [4.69, 9.17) is 12.2 Å². The predicted octanol–water partition coefficient (Wildman–Crippen LogP) is 3.29. The lowest BCUT2D eigenvalue weighted by atomic mass is 9.99. The summed E-state index contributed by atoms with van der Waals surface area (Å²) in [6.07, 6.45) is 8.04. The SMILES string of the molecule is S=C(NC1CC1)N1CC=C(c2c[nH]c3ccccc23)CC1. The first-order chi connectivity index (χ1) is 10.3. The fourth-order valence-electron chi connectivity index (χ4n) is 2.93. The largest absolute Gasteiger partial charge is 0.361 e. The number of aromatic nitrogens is 1. The Balaban J connectivity index is 1.52. The van der Waals surface area contributed by atoms with Crippen LogP contribution in [0.15, 0.2) is 36.5 Å². The second-order valence-corrected chi connectivity index (χ2v) is 6.28. The molecule has 4 heteroatoms. The van der Waals surface area contributed by atoms with Crippen LogP contribution in [0.4, 0.5) is 0 Å². The lowest BCUT2D eigenvalue weighted by molar-refractivity contribution is 0.450. The zero-order valence-corrected chi connectivity index (χ0v) is 12.7. The molecular weight excluding hydrogens is 278 g/mol. The number of benzene rings is 1. The van der Waals surface area contributed by atoms with Crippen LogP contribution < -0.4 is 5.32 Å². The van der Waals surface area contributed by atoms with E-state index in [0.29, 0.717) is 6.04 Å². The molecule has 0 atom stereocenters. The number of fused-ring (bicyclic) bond motifs is 1. The number of aromatic amines is 1. The highest BCUT2D eigenvalue weighted by atomic mass is 32.1. The number of hydrogen-bond acceptors (Lipinski definition) is 1. The topological polar surface area (TPSA) is 31.1 Å². The minimum Gasteiger partial charge on any atom is -0.361 e. The molecule has 1 aliphatic carbocycles. The van der Waals surface area contributed by atoms with Gasteiger partial charge < -0.3 is 15.2 Å². The quantitative estimate of drug-likeness (QED) is 0.834. The first-order valence-electron chi connectivity index (χ1n) is 7.62. The van der Waals surface area contributed by atoms with E-state index in [2.05, 4.69) is 51.7 Å². The summed E-state index contributed by atoms with van der Waals surface area (Å²) >= 11 is 5.49. The van der Waals surface area contributed by atoms with Crippen LogP contribution >= 0.6 is 12.2 Å². The Morgan fingerprint density at radius 1 is 1.29 bits per heavy atom. The second-order valence-electron chi connectivity index (χ2n) is 5.90. The fraction of sp³-hybridized carbons (Fsp3) is 0.353. The highest BCUT2D eigenvalue weighted by molar-refractivity contribution is 7.80. The second kappa shape index (κ2) is 5.19. The Morgan fingerprint density at radius 3 is 2.90 bits per heavy atom. The third kappa shape index (κ3) is 2.56. The van der Waals surface area contributed by atoms with Gasteiger partial charge in [0.25, 0.3) is 0 Å². The van der Waals surface area contributed by atoms with E-state index in [9.17, 15) is 0 Å². The molecule has 0 radical (unpaired) electrons. The molecule has 0 spiro atoms. The number of thiocarbonyl (C=S) groups is 1. The molecule has 2 aliphatic rings. The van der Waals surface area contributed by atoms with Gasteiger partial charge in [-0.15, -0.1) is 0 Å². The van der Waals surface area contributed by atoms with Crippen LogP contribution in [0.1, 0.15) is 24.8 Å². The summed E-state index contributed by atoms with van der Waals surface area (Å²) in [5.74, 6) is 0. The fourth-order valence-corrected chi connectivity index (χ4v) is 3.26. The highest BCUT2D eigenvalue weighted by Gasteiger charge is 2.24. The van der Waals surface area contributed by atoms with Crippen molar-refractivity contribution in [2.24, 2.45) is 0 Å². The maximum absolute atomic E-state index is 5.49. The summed E-state index contributed by atoms with van der Waals surface area (Å²) in [4.78, 5) is 5.63. The molecule has 2 N–H and O–H groups in total. The Bertz CT molecular complexity index is 712. The van der Waals surface area contributed by atoms with E-state index >= 15 is 0 Å². The molecule has 0 bridgehead atoms. The van der Waals surface area contributed by atoms with Gasteiger partial charge in [-0.3, -0.25) is 0 Å². The summed E-state index contributed by atoms with van der Waals surface area (Å²) in [6.45, 7) is 1.91. The van der Waals surface area contributed by atoms with Gasteiger partial charge in [0.2, 0.25) is 0 Å². The zero-order chi connectivity index (χ0) is 14.2. The van der Waals surface area contributed by atoms with Crippen molar-refractivity contribution in [3.8, 4) is 0 Å². The minimum absolute atomic E-state index is 0.636. The van der Waals surface area contributed by atoms with Gasteiger partial charge >= 0.3 is 0 Å². The average Bonchev–Trinajstić information content (AvgIpc) is 3.23. The van der Waals surface area contributed by atoms with Crippen LogP contribution in [-0.2, 0) is 0 Å². The van der Waals surface area contributed by atoms with Gasteiger partial charge in [-0.05, 0) is 43.1 Å². The number of para-hydroxylation sites is 1. The molecule has 2 aromatic rings. The van der Waals surface area contributed by atoms with Crippen LogP contribution in [0, 0.1) is 0 Å². The normalized spacial score (nSPS) is 18.7. The van der Waals surface area contributed by atoms with Crippen molar-refractivity contribution in [3.63, 3.8) is 0 Å². The summed E-state index contributed by atoms with van der Waals surface area (Å²) < 4.78 is 0. The first-order valence-corrected chi connectivity index (χ1v) is 8.03. The number of nitrogens with one attached hydrogen (secondary N) is 2. The van der Waals surface area contributed by atoms with Crippen molar-refractivity contribution in [3.05, 3.63) is 42.1 Å². The van der Waals surface area contributed by atoms with Crippen LogP contribution in [-0.4, -0.2) is 34.1 Å². The van der Waals surface area contributed by atoms with Gasteiger partial charge in [0.15, 0.2) is 5.11 Å². The smallest absolute Gasteiger partial charge is 0.169 e. The van der Waals surface area contributed by atoms with E-state index in [1.54, 1.807) is 0 Å². The summed E-state index contributed by atoms with van der Waals surface area (Å²) in [7, 11) is 0. The summed E-state index contributed by atoms with van der Waals surface area (Å²) in [5.41, 5.74) is 3.98. The van der Waals surface area contributed by atoms with Crippen molar-refractivity contribution >= 4 is 33.8 Å². The molecule has 4 rings (SSSR count). The molecule has 1 aromatic heterocycles. The van der Waals surface area contributed by atoms with Gasteiger partial charge in [0.1, 0.15) is 0 Å². The Labute approximate surface area is 130 Å². The van der Waals surface area contributed by atoms with Gasteiger partial charge in [0, 0.05) is 41.8 Å². The Morgan fingerprint density at radius 2 is 2.14 bits per heavy atom. The number of nitrogens with zero attached hydrogens (tertiary/aromatic N) is 1. The monoisotopic (exact) mass is 297 g/mol. The Hall–Kier alpha value is -1.81. The van der Waals surface area contributed by atoms with Crippen LogP contribution in [0.5, 0.6) is 0 Å². The third-order valence-electron chi connectivity index (χ3n) is 4.34. The van der Waals surface area contributed by atoms with E-state index in [1.165, 1.54) is 34.9 Å². The molecule has 1 saturated carbocycles. The van der Waals surface area contributed by atoms with Crippen molar-refractivity contribution in [2.75, 3.05) is 13.1 Å². The van der Waals surface area contributed by atoms with Crippen LogP contribution in [0.25, 0.3) is 16.5 Å². The average molecular weight is 297 g/mol. The van der Waals surface area contributed by atoms with Crippen molar-refractivity contribution < 1.29 is 0 Å². The maximum atomic E-state index is 5.49. The third-order valence-corrected chi connectivity index (χ3v) is 4.71. The zero-order valence-electron chi connectivity index (χ0n) is 11.9. The van der Waals surface area contributed by atoms with E-state index in [1.807, 2.05) is 0 Å². The first kappa shape index (κ1) is 12.9. The molecular formula is C17H19N3S. The molecule has 0 saturated heterocycles. The molecule has 1 aromatic carbocycles. The Kier molecular flexibility index (Phi) is 3.19. The minimum atomic E-state index is 0.636. The summed E-state index contributed by atoms with van der Waals surface area (Å²) in [6, 6.07) is 9.12. The van der Waals surface area contributed by atoms with Gasteiger partial charge in [-0.1, -0.05) is 24.3 Å². The van der Waals surface area contributed by atoms with Crippen LogP contribution in [0.2, 0.25) is 0 Å². The maximum Gasteiger partial charge on any atom is 0.169 e. The molecule has 21 heavy (non-hydrogen) atoms. The molecule has 2 heterocycles. The predicted molar refractivity (Wildman–Crippen MR) is 91.2 cm³/mol. The summed E-state index contributed by atoms with van der Waals surface area (Å²) in [5, 5.41) is 5.66. The number of H-pyrrole nitrogens is 1. The van der Waals surface area contributed by atoms with Gasteiger partial charge in [0.05, 0.1) is 0 Å². The van der Waals surface area contributed by atoms with E-state index in [0.717, 1.165) is 24.6 Å². The molecule has 108 valence electrons. The van der Waals surface area contributed by atoms with Crippen molar-refractivity contribution in [1.82, 2.24) is 15.2 Å². The van der Waals surface area contributed by atoms with Crippen LogP contribution in [0.3, 0.4) is 0 Å². The van der Waals surface area contributed by atoms with Crippen molar-refractivity contribution in [1.29, 1.82) is 0 Å². The molecule has 0 amide bonds. The number of rotatable bonds is 2. The van der Waals surface area contributed by atoms with Crippen molar-refractivity contribution in [2.45, 2.75) is 25.3 Å². The number of hydrogen-bond donors (Lipinski definition) is 2. The van der Waals surface area contributed by atoms with Gasteiger partial charge in [-0.25, -0.2) is 0 Å². The van der Waals surface area contributed by atoms with Gasteiger partial charge in [-0.2, -0.15) is 0 Å².